The van der Waals surface area contributed by atoms with Crippen molar-refractivity contribution in [1.29, 1.82) is 15.8 Å². The van der Waals surface area contributed by atoms with E-state index in [1.807, 2.05) is 6.07 Å². The topological polar surface area (TPSA) is 111 Å². The monoisotopic (exact) mass is 354 g/mol. The van der Waals surface area contributed by atoms with Crippen molar-refractivity contribution >= 4 is 29.3 Å². The molecule has 2 aromatic rings. The van der Waals surface area contributed by atoms with Crippen LogP contribution in [0.5, 0.6) is 0 Å². The molecule has 116 valence electrons. The number of nitriles is 3. The predicted octanol–water partition coefficient (Wildman–Crippen LogP) is 4.42. The Morgan fingerprint density at radius 2 is 1.75 bits per heavy atom. The van der Waals surface area contributed by atoms with Crippen molar-refractivity contribution in [3.63, 3.8) is 0 Å². The highest BCUT2D eigenvalue weighted by atomic mass is 35.5. The maximum absolute atomic E-state index is 9.17. The van der Waals surface area contributed by atoms with Gasteiger partial charge in [0, 0.05) is 16.7 Å². The fourth-order valence-electron chi connectivity index (χ4n) is 1.86. The standard InChI is InChI=1S/C17H8Cl2N4O/c18-12-1-3-14(15(19)6-12)16-4-2-13(24-16)5-10(7-20)17(23)11(8-21)9-22/h1-6H,23H2/b10-5+. The number of rotatable bonds is 3. The molecule has 2 N–H and O–H groups in total. The van der Waals surface area contributed by atoms with Crippen LogP contribution in [0.3, 0.4) is 0 Å². The van der Waals surface area contributed by atoms with Gasteiger partial charge < -0.3 is 10.2 Å². The van der Waals surface area contributed by atoms with Gasteiger partial charge in [0.15, 0.2) is 5.57 Å². The molecule has 24 heavy (non-hydrogen) atoms. The Balaban J connectivity index is 2.44. The van der Waals surface area contributed by atoms with Crippen LogP contribution in [0, 0.1) is 34.0 Å². The predicted molar refractivity (Wildman–Crippen MR) is 90.2 cm³/mol. The summed E-state index contributed by atoms with van der Waals surface area (Å²) in [5.74, 6) is 0.800. The van der Waals surface area contributed by atoms with Gasteiger partial charge in [-0.15, -0.1) is 0 Å². The van der Waals surface area contributed by atoms with E-state index in [9.17, 15) is 0 Å². The van der Waals surface area contributed by atoms with E-state index >= 15 is 0 Å². The van der Waals surface area contributed by atoms with Crippen LogP contribution in [-0.4, -0.2) is 0 Å². The summed E-state index contributed by atoms with van der Waals surface area (Å²) in [5, 5.41) is 27.7. The van der Waals surface area contributed by atoms with Crippen molar-refractivity contribution in [2.24, 2.45) is 5.73 Å². The molecular weight excluding hydrogens is 347 g/mol. The number of nitrogens with two attached hydrogens (primary N) is 1. The third-order valence-corrected chi connectivity index (χ3v) is 3.56. The first kappa shape index (κ1) is 17.2. The summed E-state index contributed by atoms with van der Waals surface area (Å²) in [6, 6.07) is 13.4. The minimum atomic E-state index is -0.338. The van der Waals surface area contributed by atoms with E-state index in [2.05, 4.69) is 0 Å². The zero-order chi connectivity index (χ0) is 17.7. The van der Waals surface area contributed by atoms with Crippen LogP contribution >= 0.6 is 23.2 Å². The highest BCUT2D eigenvalue weighted by Gasteiger charge is 2.11. The van der Waals surface area contributed by atoms with Gasteiger partial charge in [-0.1, -0.05) is 23.2 Å². The molecule has 1 aromatic heterocycles. The molecule has 0 fully saturated rings. The number of hydrogen-bond acceptors (Lipinski definition) is 5. The fraction of sp³-hybridized carbons (Fsp3) is 0. The largest absolute Gasteiger partial charge is 0.457 e. The second kappa shape index (κ2) is 7.40. The Bertz CT molecular complexity index is 965. The smallest absolute Gasteiger partial charge is 0.153 e. The molecule has 7 heteroatoms. The third-order valence-electron chi connectivity index (χ3n) is 3.01. The lowest BCUT2D eigenvalue weighted by Crippen LogP contribution is -2.03. The first-order chi connectivity index (χ1) is 11.5. The van der Waals surface area contributed by atoms with Gasteiger partial charge in [0.2, 0.25) is 0 Å². The Labute approximate surface area is 148 Å². The molecule has 0 amide bonds. The lowest BCUT2D eigenvalue weighted by molar-refractivity contribution is 0.571. The van der Waals surface area contributed by atoms with Gasteiger partial charge in [-0.05, 0) is 30.3 Å². The van der Waals surface area contributed by atoms with Crippen LogP contribution in [0.4, 0.5) is 0 Å². The van der Waals surface area contributed by atoms with E-state index in [4.69, 9.17) is 49.1 Å². The summed E-state index contributed by atoms with van der Waals surface area (Å²) in [4.78, 5) is 0. The molecule has 0 saturated carbocycles. The number of nitrogens with zero attached hydrogens (tertiary/aromatic N) is 3. The summed E-state index contributed by atoms with van der Waals surface area (Å²) in [6.45, 7) is 0. The second-order valence-electron chi connectivity index (χ2n) is 4.51. The van der Waals surface area contributed by atoms with Crippen molar-refractivity contribution in [3.8, 4) is 29.5 Å². The van der Waals surface area contributed by atoms with E-state index in [-0.39, 0.29) is 16.8 Å². The van der Waals surface area contributed by atoms with Gasteiger partial charge in [-0.2, -0.15) is 15.8 Å². The average Bonchev–Trinajstić information content (AvgIpc) is 3.01. The van der Waals surface area contributed by atoms with Crippen molar-refractivity contribution in [1.82, 2.24) is 0 Å². The molecule has 0 aliphatic carbocycles. The first-order valence-corrected chi connectivity index (χ1v) is 7.23. The van der Waals surface area contributed by atoms with Gasteiger partial charge >= 0.3 is 0 Å². The molecule has 0 unspecified atom stereocenters. The molecule has 0 radical (unpaired) electrons. The molecular formula is C17H8Cl2N4O. The lowest BCUT2D eigenvalue weighted by atomic mass is 10.1. The minimum Gasteiger partial charge on any atom is -0.457 e. The molecule has 0 atom stereocenters. The van der Waals surface area contributed by atoms with Crippen molar-refractivity contribution in [2.75, 3.05) is 0 Å². The quantitative estimate of drug-likeness (QED) is 0.647. The SMILES string of the molecule is N#CC(C#N)=C(N)/C(C#N)=C/c1ccc(-c2ccc(Cl)cc2Cl)o1. The Kier molecular flexibility index (Phi) is 5.30. The van der Waals surface area contributed by atoms with Gasteiger partial charge in [-0.3, -0.25) is 0 Å². The van der Waals surface area contributed by atoms with Crippen LogP contribution in [-0.2, 0) is 0 Å². The van der Waals surface area contributed by atoms with Crippen LogP contribution in [0.1, 0.15) is 5.76 Å². The molecule has 0 bridgehead atoms. The normalized spacial score (nSPS) is 10.4. The summed E-state index contributed by atoms with van der Waals surface area (Å²) in [7, 11) is 0. The Morgan fingerprint density at radius 3 is 2.33 bits per heavy atom. The van der Waals surface area contributed by atoms with Crippen molar-refractivity contribution < 1.29 is 4.42 Å². The van der Waals surface area contributed by atoms with Crippen LogP contribution in [0.2, 0.25) is 10.0 Å². The van der Waals surface area contributed by atoms with E-state index in [1.54, 1.807) is 42.5 Å². The average molecular weight is 355 g/mol. The number of furan rings is 1. The summed E-state index contributed by atoms with van der Waals surface area (Å²) in [6.07, 6.45) is 1.34. The molecule has 0 saturated heterocycles. The maximum Gasteiger partial charge on any atom is 0.153 e. The second-order valence-corrected chi connectivity index (χ2v) is 5.35. The van der Waals surface area contributed by atoms with E-state index in [1.165, 1.54) is 6.08 Å². The Morgan fingerprint density at radius 1 is 1.04 bits per heavy atom. The molecule has 1 heterocycles. The highest BCUT2D eigenvalue weighted by molar-refractivity contribution is 6.36. The molecule has 2 rings (SSSR count). The van der Waals surface area contributed by atoms with E-state index in [0.29, 0.717) is 27.1 Å². The third kappa shape index (κ3) is 3.59. The number of allylic oxidation sites excluding steroid dienone is 2. The van der Waals surface area contributed by atoms with Crippen LogP contribution in [0.25, 0.3) is 17.4 Å². The molecule has 0 aliphatic heterocycles. The van der Waals surface area contributed by atoms with E-state index in [0.717, 1.165) is 0 Å². The lowest BCUT2D eigenvalue weighted by Gasteiger charge is -2.01. The number of hydrogen-bond donors (Lipinski definition) is 1. The van der Waals surface area contributed by atoms with Crippen molar-refractivity contribution in [2.45, 2.75) is 0 Å². The van der Waals surface area contributed by atoms with Gasteiger partial charge in [0.25, 0.3) is 0 Å². The highest BCUT2D eigenvalue weighted by Crippen LogP contribution is 2.32. The van der Waals surface area contributed by atoms with Gasteiger partial charge in [0.1, 0.15) is 29.7 Å². The van der Waals surface area contributed by atoms with Crippen molar-refractivity contribution in [3.05, 3.63) is 63.0 Å². The molecule has 0 spiro atoms. The molecule has 0 aliphatic rings. The summed E-state index contributed by atoms with van der Waals surface area (Å²) >= 11 is 12.0. The Hall–Kier alpha value is -3.17. The fourth-order valence-corrected chi connectivity index (χ4v) is 2.36. The number of benzene rings is 1. The van der Waals surface area contributed by atoms with Crippen LogP contribution < -0.4 is 5.73 Å². The minimum absolute atomic E-state index is 0.0452. The summed E-state index contributed by atoms with van der Waals surface area (Å²) < 4.78 is 5.62. The first-order valence-electron chi connectivity index (χ1n) is 6.47. The zero-order valence-corrected chi connectivity index (χ0v) is 13.6. The molecule has 1 aromatic carbocycles. The summed E-state index contributed by atoms with van der Waals surface area (Å²) in [5.41, 5.74) is 5.72. The number of halogens is 2. The van der Waals surface area contributed by atoms with Gasteiger partial charge in [-0.25, -0.2) is 0 Å². The zero-order valence-electron chi connectivity index (χ0n) is 12.0. The van der Waals surface area contributed by atoms with Crippen LogP contribution in [0.15, 0.2) is 51.6 Å². The van der Waals surface area contributed by atoms with Gasteiger partial charge in [0.05, 0.1) is 16.3 Å². The molecule has 5 nitrogen and oxygen atoms in total. The van der Waals surface area contributed by atoms with E-state index < -0.39 is 0 Å². The maximum atomic E-state index is 9.17.